The average Bonchev–Trinajstić information content (AvgIpc) is 3.43. The Balaban J connectivity index is 1.21. The van der Waals surface area contributed by atoms with Crippen molar-refractivity contribution in [1.29, 1.82) is 0 Å². The molecule has 0 radical (unpaired) electrons. The zero-order chi connectivity index (χ0) is 37.9. The molecule has 0 saturated heterocycles. The van der Waals surface area contributed by atoms with Crippen LogP contribution in [0, 0.1) is 46.3 Å². The van der Waals surface area contributed by atoms with Gasteiger partial charge in [-0.15, -0.1) is 0 Å². The van der Waals surface area contributed by atoms with Gasteiger partial charge in [0, 0.05) is 44.4 Å². The molecular formula is C45H82N4O3. The average molecular weight is 727 g/mol. The summed E-state index contributed by atoms with van der Waals surface area (Å²) in [6.45, 7) is 19.7. The quantitative estimate of drug-likeness (QED) is 0.0583. The van der Waals surface area contributed by atoms with E-state index in [1.807, 2.05) is 18.7 Å². The number of hydrogen-bond acceptors (Lipinski definition) is 6. The number of carbonyl (C=O) groups is 2. The van der Waals surface area contributed by atoms with Crippen molar-refractivity contribution in [3.8, 4) is 0 Å². The number of fused-ring (bicyclic) bond motifs is 5. The molecule has 0 spiro atoms. The Bertz CT molecular complexity index is 1140. The molecule has 10 atom stereocenters. The normalized spacial score (nSPS) is 31.6. The van der Waals surface area contributed by atoms with Crippen molar-refractivity contribution in [2.75, 3.05) is 26.2 Å². The van der Waals surface area contributed by atoms with Crippen LogP contribution in [0.15, 0.2) is 11.6 Å². The summed E-state index contributed by atoms with van der Waals surface area (Å²) in [7, 11) is 0. The van der Waals surface area contributed by atoms with E-state index in [2.05, 4.69) is 46.0 Å². The van der Waals surface area contributed by atoms with Gasteiger partial charge in [0.2, 0.25) is 5.91 Å². The molecule has 5 N–H and O–H groups in total. The number of amides is 1. The highest BCUT2D eigenvalue weighted by atomic mass is 16.5. The fourth-order valence-electron chi connectivity index (χ4n) is 11.5. The summed E-state index contributed by atoms with van der Waals surface area (Å²) >= 11 is 0. The molecule has 4 aliphatic rings. The van der Waals surface area contributed by atoms with E-state index < -0.39 is 0 Å². The smallest absolute Gasteiger partial charge is 0.306 e. The first-order valence-corrected chi connectivity index (χ1v) is 22.2. The van der Waals surface area contributed by atoms with Gasteiger partial charge in [-0.05, 0) is 157 Å². The van der Waals surface area contributed by atoms with Crippen molar-refractivity contribution in [2.45, 2.75) is 189 Å². The third kappa shape index (κ3) is 11.5. The molecule has 7 nitrogen and oxygen atoms in total. The maximum atomic E-state index is 13.2. The lowest BCUT2D eigenvalue weighted by molar-refractivity contribution is -0.151. The van der Waals surface area contributed by atoms with Gasteiger partial charge in [-0.25, -0.2) is 0 Å². The lowest BCUT2D eigenvalue weighted by Gasteiger charge is -2.58. The molecule has 0 aromatic rings. The molecule has 0 aromatic heterocycles. The van der Waals surface area contributed by atoms with Gasteiger partial charge in [0.05, 0.1) is 0 Å². The molecule has 0 aromatic carbocycles. The summed E-state index contributed by atoms with van der Waals surface area (Å²) in [4.78, 5) is 28.2. The zero-order valence-corrected chi connectivity index (χ0v) is 34.9. The van der Waals surface area contributed by atoms with Crippen molar-refractivity contribution in [1.82, 2.24) is 10.2 Å². The van der Waals surface area contributed by atoms with E-state index in [4.69, 9.17) is 16.2 Å². The van der Waals surface area contributed by atoms with Gasteiger partial charge in [0.25, 0.3) is 0 Å². The molecule has 1 amide bonds. The first-order valence-electron chi connectivity index (χ1n) is 22.2. The molecule has 3 saturated carbocycles. The van der Waals surface area contributed by atoms with Crippen LogP contribution in [0.2, 0.25) is 0 Å². The molecule has 0 heterocycles. The van der Waals surface area contributed by atoms with E-state index in [1.54, 1.807) is 5.57 Å². The standard InChI is InChI=1S/C45H82N4O3/c1-8-35(32(2)3)13-11-14-36-18-20-40-39-19-17-37-31-38(21-25-45(37,7)41(39)22-26-44(36,40)6)52-43(51)16-12-15-42(50)49(30-24-34(5)47)29-10-9-27-48-28-23-33(4)46/h17,32-36,38-41,48H,8-16,18-31,46-47H2,1-7H3/t33?,34?,35-,36?,38?,39?,40?,41?,44?,45?/m1/s1. The van der Waals surface area contributed by atoms with Gasteiger partial charge < -0.3 is 26.4 Å². The Labute approximate surface area is 320 Å². The third-order valence-corrected chi connectivity index (χ3v) is 14.9. The fourth-order valence-corrected chi connectivity index (χ4v) is 11.5. The Morgan fingerprint density at radius 3 is 2.37 bits per heavy atom. The highest BCUT2D eigenvalue weighted by molar-refractivity contribution is 5.77. The second kappa shape index (κ2) is 20.5. The van der Waals surface area contributed by atoms with Crippen LogP contribution in [0.1, 0.15) is 170 Å². The summed E-state index contributed by atoms with van der Waals surface area (Å²) in [5, 5.41) is 3.44. The molecule has 9 unspecified atom stereocenters. The van der Waals surface area contributed by atoms with Crippen molar-refractivity contribution in [2.24, 2.45) is 57.8 Å². The van der Waals surface area contributed by atoms with Crippen LogP contribution >= 0.6 is 0 Å². The van der Waals surface area contributed by atoms with E-state index in [0.717, 1.165) is 100 Å². The summed E-state index contributed by atoms with van der Waals surface area (Å²) in [5.41, 5.74) is 14.2. The van der Waals surface area contributed by atoms with Gasteiger partial charge in [-0.1, -0.05) is 65.5 Å². The van der Waals surface area contributed by atoms with Gasteiger partial charge >= 0.3 is 5.97 Å². The highest BCUT2D eigenvalue weighted by Crippen LogP contribution is 2.67. The van der Waals surface area contributed by atoms with Gasteiger partial charge in [0.15, 0.2) is 0 Å². The molecule has 0 bridgehead atoms. The first kappa shape index (κ1) is 43.3. The van der Waals surface area contributed by atoms with E-state index in [0.29, 0.717) is 31.2 Å². The molecule has 52 heavy (non-hydrogen) atoms. The second-order valence-corrected chi connectivity index (χ2v) is 19.0. The maximum Gasteiger partial charge on any atom is 0.306 e. The summed E-state index contributed by atoms with van der Waals surface area (Å²) in [5.74, 6) is 5.06. The maximum absolute atomic E-state index is 13.2. The third-order valence-electron chi connectivity index (χ3n) is 14.9. The summed E-state index contributed by atoms with van der Waals surface area (Å²) in [6.07, 6.45) is 23.0. The van der Waals surface area contributed by atoms with Gasteiger partial charge in [0.1, 0.15) is 6.10 Å². The Kier molecular flexibility index (Phi) is 17.0. The van der Waals surface area contributed by atoms with Gasteiger partial charge in [-0.2, -0.15) is 0 Å². The molecule has 7 heteroatoms. The van der Waals surface area contributed by atoms with E-state index in [9.17, 15) is 9.59 Å². The topological polar surface area (TPSA) is 111 Å². The number of ether oxygens (including phenoxy) is 1. The highest BCUT2D eigenvalue weighted by Gasteiger charge is 2.58. The van der Waals surface area contributed by atoms with Crippen LogP contribution in [0.4, 0.5) is 0 Å². The Morgan fingerprint density at radius 1 is 0.885 bits per heavy atom. The minimum Gasteiger partial charge on any atom is -0.462 e. The number of nitrogens with one attached hydrogen (secondary N) is 1. The number of nitrogens with zero attached hydrogens (tertiary/aromatic N) is 1. The van der Waals surface area contributed by atoms with Crippen LogP contribution in [0.25, 0.3) is 0 Å². The van der Waals surface area contributed by atoms with Crippen molar-refractivity contribution in [3.05, 3.63) is 11.6 Å². The lowest BCUT2D eigenvalue weighted by Crippen LogP contribution is -2.50. The number of allylic oxidation sites excluding steroid dienone is 1. The van der Waals surface area contributed by atoms with Crippen molar-refractivity contribution >= 4 is 11.9 Å². The Hall–Kier alpha value is -1.44. The summed E-state index contributed by atoms with van der Waals surface area (Å²) in [6, 6.07) is 0.276. The number of esters is 1. The molecule has 4 aliphatic carbocycles. The fraction of sp³-hybridized carbons (Fsp3) is 0.911. The number of rotatable bonds is 22. The lowest BCUT2D eigenvalue weighted by atomic mass is 9.47. The zero-order valence-electron chi connectivity index (χ0n) is 34.9. The van der Waals surface area contributed by atoms with E-state index >= 15 is 0 Å². The number of unbranched alkanes of at least 4 members (excludes halogenated alkanes) is 1. The van der Waals surface area contributed by atoms with Crippen molar-refractivity contribution < 1.29 is 14.3 Å². The molecule has 4 rings (SSSR count). The number of hydrogen-bond donors (Lipinski definition) is 3. The molecule has 300 valence electrons. The minimum atomic E-state index is -0.139. The molecular weight excluding hydrogens is 645 g/mol. The second-order valence-electron chi connectivity index (χ2n) is 19.0. The van der Waals surface area contributed by atoms with E-state index in [1.165, 1.54) is 57.8 Å². The van der Waals surface area contributed by atoms with Crippen LogP contribution < -0.4 is 16.8 Å². The molecule has 0 aliphatic heterocycles. The monoisotopic (exact) mass is 727 g/mol. The van der Waals surface area contributed by atoms with E-state index in [-0.39, 0.29) is 35.5 Å². The largest absolute Gasteiger partial charge is 0.462 e. The predicted molar refractivity (Wildman–Crippen MR) is 217 cm³/mol. The summed E-state index contributed by atoms with van der Waals surface area (Å²) < 4.78 is 6.11. The van der Waals surface area contributed by atoms with Crippen LogP contribution in [0.3, 0.4) is 0 Å². The Morgan fingerprint density at radius 2 is 1.65 bits per heavy atom. The van der Waals surface area contributed by atoms with Crippen LogP contribution in [-0.4, -0.2) is 61.1 Å². The molecule has 3 fully saturated rings. The minimum absolute atomic E-state index is 0.0224. The predicted octanol–water partition coefficient (Wildman–Crippen LogP) is 9.17. The van der Waals surface area contributed by atoms with Crippen molar-refractivity contribution in [3.63, 3.8) is 0 Å². The van der Waals surface area contributed by atoms with Gasteiger partial charge in [-0.3, -0.25) is 9.59 Å². The SMILES string of the molecule is CC[C@H](CCCC1CCC2C3CC=C4CC(OC(=O)CCCC(=O)N(CCCCNCCC(C)N)CCC(C)N)CCC4(C)C3CCC12C)C(C)C. The van der Waals surface area contributed by atoms with Crippen LogP contribution in [-0.2, 0) is 14.3 Å². The number of carbonyl (C=O) groups excluding carboxylic acids is 2. The van der Waals surface area contributed by atoms with Crippen LogP contribution in [0.5, 0.6) is 0 Å². The number of nitrogens with two attached hydrogens (primary N) is 2. The first-order chi connectivity index (χ1) is 24.8.